The zero-order chi connectivity index (χ0) is 27.6. The van der Waals surface area contributed by atoms with Crippen LogP contribution in [0.4, 0.5) is 11.4 Å². The van der Waals surface area contributed by atoms with Crippen molar-refractivity contribution in [3.8, 4) is 5.75 Å². The maximum atomic E-state index is 11.3. The Kier molecular flexibility index (Phi) is 6.99. The van der Waals surface area contributed by atoms with Crippen LogP contribution in [-0.2, 0) is 12.0 Å². The van der Waals surface area contributed by atoms with E-state index >= 15 is 0 Å². The lowest BCUT2D eigenvalue weighted by molar-refractivity contribution is -0.456. The van der Waals surface area contributed by atoms with Crippen LogP contribution in [0.3, 0.4) is 0 Å². The Bertz CT molecular complexity index is 1630. The van der Waals surface area contributed by atoms with E-state index in [0.29, 0.717) is 12.1 Å². The smallest absolute Gasteiger partial charge is 0.270 e. The molecule has 0 fully saturated rings. The molecule has 0 saturated carbocycles. The maximum absolute atomic E-state index is 11.3. The zero-order valence-electron chi connectivity index (χ0n) is 22.3. The third-order valence-corrected chi connectivity index (χ3v) is 7.57. The standard InChI is InChI=1S/C34H30N2O3/c1-24-34(2,3)31-21-28(16-15-27-13-11-26(12-14-27)10-9-25-7-5-4-6-8-25)17-19-32(31)35(24)23-29-22-30(36(38)39)18-20-33(29)37/h4-22H,23H2,1-3H3/p+1/b10-9+,16-15+. The molecule has 1 aliphatic heterocycles. The highest BCUT2D eigenvalue weighted by molar-refractivity contribution is 5.93. The van der Waals surface area contributed by atoms with Crippen LogP contribution in [0.5, 0.6) is 5.75 Å². The van der Waals surface area contributed by atoms with E-state index in [-0.39, 0.29) is 16.9 Å². The molecule has 0 spiro atoms. The van der Waals surface area contributed by atoms with Crippen LogP contribution in [0.1, 0.15) is 54.2 Å². The van der Waals surface area contributed by atoms with Crippen LogP contribution in [0, 0.1) is 10.1 Å². The molecule has 5 rings (SSSR count). The van der Waals surface area contributed by atoms with Gasteiger partial charge in [0.15, 0.2) is 12.3 Å². The molecule has 4 aromatic rings. The van der Waals surface area contributed by atoms with Gasteiger partial charge >= 0.3 is 0 Å². The molecule has 1 N–H and O–H groups in total. The Morgan fingerprint density at radius 1 is 0.795 bits per heavy atom. The maximum Gasteiger partial charge on any atom is 0.270 e. The van der Waals surface area contributed by atoms with Gasteiger partial charge in [0.1, 0.15) is 5.75 Å². The minimum atomic E-state index is -0.436. The summed E-state index contributed by atoms with van der Waals surface area (Å²) in [6.45, 7) is 6.81. The summed E-state index contributed by atoms with van der Waals surface area (Å²) in [6.07, 6.45) is 8.46. The number of rotatable bonds is 7. The van der Waals surface area contributed by atoms with Gasteiger partial charge in [0.05, 0.1) is 15.9 Å². The number of phenols is 1. The van der Waals surface area contributed by atoms with Gasteiger partial charge in [-0.25, -0.2) is 0 Å². The minimum Gasteiger partial charge on any atom is -0.507 e. The molecular formula is C34H31N2O3+. The first-order valence-electron chi connectivity index (χ1n) is 13.0. The molecule has 0 amide bonds. The Morgan fingerprint density at radius 2 is 1.36 bits per heavy atom. The van der Waals surface area contributed by atoms with Gasteiger partial charge in [0, 0.05) is 30.7 Å². The molecule has 0 bridgehead atoms. The minimum absolute atomic E-state index is 0.0279. The molecule has 39 heavy (non-hydrogen) atoms. The number of non-ortho nitro benzene ring substituents is 1. The van der Waals surface area contributed by atoms with E-state index in [1.807, 2.05) is 18.2 Å². The van der Waals surface area contributed by atoms with Crippen LogP contribution in [0.2, 0.25) is 0 Å². The fourth-order valence-electron chi connectivity index (χ4n) is 4.96. The van der Waals surface area contributed by atoms with E-state index in [9.17, 15) is 15.2 Å². The van der Waals surface area contributed by atoms with Crippen LogP contribution in [-0.4, -0.2) is 20.3 Å². The Balaban J connectivity index is 1.35. The first-order valence-corrected chi connectivity index (χ1v) is 13.0. The molecule has 5 heteroatoms. The Morgan fingerprint density at radius 3 is 1.97 bits per heavy atom. The monoisotopic (exact) mass is 515 g/mol. The largest absolute Gasteiger partial charge is 0.507 e. The van der Waals surface area contributed by atoms with Gasteiger partial charge in [-0.2, -0.15) is 4.58 Å². The quantitative estimate of drug-likeness (QED) is 0.117. The van der Waals surface area contributed by atoms with Crippen molar-refractivity contribution in [1.29, 1.82) is 0 Å². The summed E-state index contributed by atoms with van der Waals surface area (Å²) in [5.41, 5.74) is 8.19. The van der Waals surface area contributed by atoms with E-state index < -0.39 is 4.92 Å². The molecule has 194 valence electrons. The number of fused-ring (bicyclic) bond motifs is 1. The predicted octanol–water partition coefficient (Wildman–Crippen LogP) is 8.24. The van der Waals surface area contributed by atoms with Crippen LogP contribution in [0.25, 0.3) is 24.3 Å². The van der Waals surface area contributed by atoms with Gasteiger partial charge < -0.3 is 5.11 Å². The van der Waals surface area contributed by atoms with Gasteiger partial charge in [-0.1, -0.05) is 78.9 Å². The molecule has 4 aromatic carbocycles. The molecule has 0 atom stereocenters. The lowest BCUT2D eigenvalue weighted by Crippen LogP contribution is -2.26. The number of nitrogens with zero attached hydrogens (tertiary/aromatic N) is 2. The van der Waals surface area contributed by atoms with Crippen molar-refractivity contribution in [2.45, 2.75) is 32.7 Å². The number of aromatic hydroxyl groups is 1. The van der Waals surface area contributed by atoms with Gasteiger partial charge in [-0.15, -0.1) is 0 Å². The second kappa shape index (κ2) is 10.5. The van der Waals surface area contributed by atoms with Gasteiger partial charge in [-0.3, -0.25) is 10.1 Å². The topological polar surface area (TPSA) is 66.4 Å². The average molecular weight is 516 g/mol. The normalized spacial score (nSPS) is 14.3. The number of nitro groups is 1. The van der Waals surface area contributed by atoms with Crippen molar-refractivity contribution in [1.82, 2.24) is 0 Å². The molecule has 0 saturated heterocycles. The molecule has 1 heterocycles. The number of hydrogen-bond donors (Lipinski definition) is 1. The van der Waals surface area contributed by atoms with Crippen molar-refractivity contribution in [3.05, 3.63) is 134 Å². The Hall–Kier alpha value is -4.77. The third kappa shape index (κ3) is 5.43. The summed E-state index contributed by atoms with van der Waals surface area (Å²) in [4.78, 5) is 10.8. The van der Waals surface area contributed by atoms with Crippen molar-refractivity contribution < 1.29 is 14.6 Å². The average Bonchev–Trinajstić information content (AvgIpc) is 3.13. The highest BCUT2D eigenvalue weighted by atomic mass is 16.6. The van der Waals surface area contributed by atoms with E-state index in [4.69, 9.17) is 0 Å². The summed E-state index contributed by atoms with van der Waals surface area (Å²) in [6, 6.07) is 29.3. The summed E-state index contributed by atoms with van der Waals surface area (Å²) in [7, 11) is 0. The summed E-state index contributed by atoms with van der Waals surface area (Å²) >= 11 is 0. The van der Waals surface area contributed by atoms with E-state index in [2.05, 4.69) is 104 Å². The second-order valence-electron chi connectivity index (χ2n) is 10.4. The van der Waals surface area contributed by atoms with Crippen LogP contribution < -0.4 is 0 Å². The molecule has 0 radical (unpaired) electrons. The summed E-state index contributed by atoms with van der Waals surface area (Å²) in [5, 5.41) is 21.7. The second-order valence-corrected chi connectivity index (χ2v) is 10.4. The number of nitro benzene ring substituents is 1. The first kappa shape index (κ1) is 25.9. The molecule has 0 unspecified atom stereocenters. The SMILES string of the molecule is CC1=[N+](Cc2cc([N+](=O)[O-])ccc2O)c2ccc(/C=C/c3ccc(/C=C/c4ccccc4)cc3)cc2C1(C)C. The van der Waals surface area contributed by atoms with Crippen molar-refractivity contribution >= 4 is 41.4 Å². The Labute approximate surface area is 228 Å². The molecule has 5 nitrogen and oxygen atoms in total. The molecule has 0 aromatic heterocycles. The van der Waals surface area contributed by atoms with Gasteiger partial charge in [0.2, 0.25) is 5.69 Å². The van der Waals surface area contributed by atoms with Gasteiger partial charge in [0.25, 0.3) is 5.69 Å². The molecule has 1 aliphatic rings. The van der Waals surface area contributed by atoms with E-state index in [1.54, 1.807) is 0 Å². The predicted molar refractivity (Wildman–Crippen MR) is 159 cm³/mol. The highest BCUT2D eigenvalue weighted by Crippen LogP contribution is 2.41. The van der Waals surface area contributed by atoms with Crippen molar-refractivity contribution in [2.24, 2.45) is 0 Å². The van der Waals surface area contributed by atoms with E-state index in [0.717, 1.165) is 28.1 Å². The number of phenolic OH excluding ortho intramolecular Hbond substituents is 1. The fourth-order valence-corrected chi connectivity index (χ4v) is 4.96. The van der Waals surface area contributed by atoms with Gasteiger partial charge in [-0.05, 0) is 54.3 Å². The third-order valence-electron chi connectivity index (χ3n) is 7.57. The van der Waals surface area contributed by atoms with E-state index in [1.165, 1.54) is 29.3 Å². The number of hydrogen-bond acceptors (Lipinski definition) is 3. The fraction of sp³-hybridized carbons (Fsp3) is 0.147. The first-order chi connectivity index (χ1) is 18.7. The van der Waals surface area contributed by atoms with Crippen LogP contribution >= 0.6 is 0 Å². The number of benzene rings is 4. The summed E-state index contributed by atoms with van der Waals surface area (Å²) < 4.78 is 2.14. The zero-order valence-corrected chi connectivity index (χ0v) is 22.3. The highest BCUT2D eigenvalue weighted by Gasteiger charge is 2.43. The lowest BCUT2D eigenvalue weighted by Gasteiger charge is -2.15. The molecule has 0 aliphatic carbocycles. The lowest BCUT2D eigenvalue weighted by atomic mass is 9.81. The molecular weight excluding hydrogens is 484 g/mol. The van der Waals surface area contributed by atoms with Crippen LogP contribution in [0.15, 0.2) is 91.0 Å². The summed E-state index contributed by atoms with van der Waals surface area (Å²) in [5.74, 6) is 0.0563. The van der Waals surface area contributed by atoms with Crippen molar-refractivity contribution in [2.75, 3.05) is 0 Å². The van der Waals surface area contributed by atoms with Crippen molar-refractivity contribution in [3.63, 3.8) is 0 Å².